The summed E-state index contributed by atoms with van der Waals surface area (Å²) < 4.78 is 5.22. The fourth-order valence-corrected chi connectivity index (χ4v) is 5.63. The number of ether oxygens (including phenoxy) is 1. The van der Waals surface area contributed by atoms with Gasteiger partial charge in [0.1, 0.15) is 12.3 Å². The third kappa shape index (κ3) is 12.8. The molecule has 2 fully saturated rings. The van der Waals surface area contributed by atoms with Crippen LogP contribution >= 0.6 is 0 Å². The highest BCUT2D eigenvalue weighted by molar-refractivity contribution is 6.03. The van der Waals surface area contributed by atoms with E-state index >= 15 is 0 Å². The first kappa shape index (κ1) is 44.2. The maximum atomic E-state index is 12.4. The summed E-state index contributed by atoms with van der Waals surface area (Å²) in [6.45, 7) is 14.1. The molecule has 3 heterocycles. The quantitative estimate of drug-likeness (QED) is 0.139. The van der Waals surface area contributed by atoms with Crippen LogP contribution in [0, 0.1) is 0 Å². The van der Waals surface area contributed by atoms with E-state index in [9.17, 15) is 38.4 Å². The Balaban J connectivity index is 0.000000259. The van der Waals surface area contributed by atoms with E-state index < -0.39 is 41.8 Å². The zero-order chi connectivity index (χ0) is 42.2. The predicted molar refractivity (Wildman–Crippen MR) is 209 cm³/mol. The van der Waals surface area contributed by atoms with E-state index in [4.69, 9.17) is 14.4 Å². The number of esters is 1. The maximum Gasteiger partial charge on any atom is 0.436 e. The second-order valence-electron chi connectivity index (χ2n) is 12.8. The smallest absolute Gasteiger partial charge is 0.436 e. The van der Waals surface area contributed by atoms with Crippen LogP contribution in [-0.4, -0.2) is 125 Å². The number of benzene rings is 2. The average Bonchev–Trinajstić information content (AvgIpc) is 3.71. The standard InChI is InChI=1S/C21H25N5O5.C18H23N3O6/c1-3-25(4-2)12-11-22-20(29)17-7-5-14-13-15(6-8-16(14)24-17)23-21(30)31-26-18(27)9-10-19(26)28;1-3-20(4-2)11-12-26-17(24)13-5-7-14(8-6-13)19-18(25)27-21-15(22)9-10-16(21)23/h5-8,13H,3-4,9-12H2,1-2H3,(H,22,29)(H,23,30);5-8H,3-4,9-12H2,1-2H3,(H,19,25). The summed E-state index contributed by atoms with van der Waals surface area (Å²) in [5.74, 6) is -2.92. The van der Waals surface area contributed by atoms with Crippen molar-refractivity contribution in [3.8, 4) is 0 Å². The largest absolute Gasteiger partial charge is 0.461 e. The molecule has 0 radical (unpaired) electrons. The van der Waals surface area contributed by atoms with Crippen LogP contribution in [0.4, 0.5) is 21.0 Å². The number of pyridine rings is 1. The first-order valence-electron chi connectivity index (χ1n) is 19.0. The number of fused-ring (bicyclic) bond motifs is 1. The Bertz CT molecular complexity index is 1950. The van der Waals surface area contributed by atoms with Crippen molar-refractivity contribution in [2.45, 2.75) is 53.4 Å². The lowest BCUT2D eigenvalue weighted by Crippen LogP contribution is -2.35. The number of hydroxylamine groups is 4. The second kappa shape index (κ2) is 21.7. The molecule has 58 heavy (non-hydrogen) atoms. The van der Waals surface area contributed by atoms with Gasteiger partial charge in [-0.3, -0.25) is 34.6 Å². The number of carbonyl (C=O) groups excluding carboxylic acids is 8. The minimum atomic E-state index is -0.965. The summed E-state index contributed by atoms with van der Waals surface area (Å²) in [5, 5.41) is 9.35. The molecule has 0 atom stereocenters. The first-order valence-corrected chi connectivity index (χ1v) is 19.0. The van der Waals surface area contributed by atoms with E-state index in [1.807, 2.05) is 13.8 Å². The Kier molecular flexibility index (Phi) is 16.6. The monoisotopic (exact) mass is 804 g/mol. The van der Waals surface area contributed by atoms with Gasteiger partial charge in [0.2, 0.25) is 0 Å². The van der Waals surface area contributed by atoms with Crippen LogP contribution in [0.1, 0.15) is 74.2 Å². The second-order valence-corrected chi connectivity index (χ2v) is 12.8. The fourth-order valence-electron chi connectivity index (χ4n) is 5.63. The highest BCUT2D eigenvalue weighted by Crippen LogP contribution is 2.20. The Morgan fingerprint density at radius 3 is 1.69 bits per heavy atom. The maximum absolute atomic E-state index is 12.4. The number of rotatable bonds is 16. The lowest BCUT2D eigenvalue weighted by molar-refractivity contribution is -0.171. The first-order chi connectivity index (χ1) is 27.8. The van der Waals surface area contributed by atoms with Gasteiger partial charge >= 0.3 is 18.2 Å². The van der Waals surface area contributed by atoms with E-state index in [0.717, 1.165) is 32.7 Å². The molecule has 0 saturated carbocycles. The number of likely N-dealkylation sites (N-methyl/N-ethyl adjacent to an activating group) is 2. The summed E-state index contributed by atoms with van der Waals surface area (Å²) in [7, 11) is 0. The van der Waals surface area contributed by atoms with Gasteiger partial charge in [-0.15, -0.1) is 10.1 Å². The minimum Gasteiger partial charge on any atom is -0.461 e. The van der Waals surface area contributed by atoms with Crippen molar-refractivity contribution in [3.63, 3.8) is 0 Å². The van der Waals surface area contributed by atoms with Crippen LogP contribution in [0.5, 0.6) is 0 Å². The molecule has 0 unspecified atom stereocenters. The van der Waals surface area contributed by atoms with Gasteiger partial charge in [-0.1, -0.05) is 33.8 Å². The van der Waals surface area contributed by atoms with Crippen LogP contribution in [0.15, 0.2) is 54.6 Å². The van der Waals surface area contributed by atoms with Crippen molar-refractivity contribution in [3.05, 3.63) is 65.9 Å². The van der Waals surface area contributed by atoms with Crippen LogP contribution in [-0.2, 0) is 33.6 Å². The minimum absolute atomic E-state index is 0.0250. The molecule has 19 heteroatoms. The molecule has 2 aromatic carbocycles. The zero-order valence-electron chi connectivity index (χ0n) is 32.9. The molecule has 2 saturated heterocycles. The molecular weight excluding hydrogens is 756 g/mol. The number of nitrogens with zero attached hydrogens (tertiary/aromatic N) is 5. The molecule has 2 aliphatic heterocycles. The van der Waals surface area contributed by atoms with Gasteiger partial charge in [-0.2, -0.15) is 0 Å². The Morgan fingerprint density at radius 2 is 1.16 bits per heavy atom. The van der Waals surface area contributed by atoms with Crippen molar-refractivity contribution in [2.75, 3.05) is 63.1 Å². The van der Waals surface area contributed by atoms with Crippen LogP contribution in [0.2, 0.25) is 0 Å². The summed E-state index contributed by atoms with van der Waals surface area (Å²) in [6, 6.07) is 14.2. The highest BCUT2D eigenvalue weighted by atomic mass is 16.7. The zero-order valence-corrected chi connectivity index (χ0v) is 32.9. The van der Waals surface area contributed by atoms with Crippen LogP contribution < -0.4 is 16.0 Å². The van der Waals surface area contributed by atoms with Gasteiger partial charge in [0.05, 0.1) is 11.1 Å². The number of amides is 7. The topological polar surface area (TPSA) is 226 Å². The van der Waals surface area contributed by atoms with E-state index in [1.54, 1.807) is 30.3 Å². The van der Waals surface area contributed by atoms with Gasteiger partial charge in [-0.25, -0.2) is 19.4 Å². The molecule has 0 aliphatic carbocycles. The number of aromatic nitrogens is 1. The Morgan fingerprint density at radius 1 is 0.655 bits per heavy atom. The highest BCUT2D eigenvalue weighted by Gasteiger charge is 2.34. The number of carbonyl (C=O) groups is 8. The Labute approximate surface area is 334 Å². The van der Waals surface area contributed by atoms with Gasteiger partial charge in [0.15, 0.2) is 0 Å². The van der Waals surface area contributed by atoms with Gasteiger partial charge in [0, 0.05) is 62.1 Å². The van der Waals surface area contributed by atoms with Gasteiger partial charge in [-0.05, 0) is 74.7 Å². The summed E-state index contributed by atoms with van der Waals surface area (Å²) in [4.78, 5) is 112. The van der Waals surface area contributed by atoms with Crippen molar-refractivity contribution in [1.82, 2.24) is 30.2 Å². The van der Waals surface area contributed by atoms with Gasteiger partial charge in [0.25, 0.3) is 29.5 Å². The molecule has 3 N–H and O–H groups in total. The SMILES string of the molecule is CCN(CC)CCNC(=O)c1ccc2cc(NC(=O)ON3C(=O)CCC3=O)ccc2n1.CCN(CC)CCOC(=O)c1ccc(NC(=O)ON2C(=O)CCC2=O)cc1. The molecule has 0 bridgehead atoms. The molecule has 2 aliphatic rings. The number of nitrogens with one attached hydrogen (secondary N) is 3. The average molecular weight is 805 g/mol. The molecule has 310 valence electrons. The van der Waals surface area contributed by atoms with E-state index in [0.29, 0.717) is 63.4 Å². The lowest BCUT2D eigenvalue weighted by atomic mass is 10.1. The molecular formula is C39H48N8O11. The normalized spacial score (nSPS) is 13.8. The summed E-state index contributed by atoms with van der Waals surface area (Å²) >= 11 is 0. The molecule has 1 aromatic heterocycles. The van der Waals surface area contributed by atoms with E-state index in [1.165, 1.54) is 24.3 Å². The number of hydrogen-bond donors (Lipinski definition) is 3. The number of hydrogen-bond acceptors (Lipinski definition) is 14. The van der Waals surface area contributed by atoms with E-state index in [-0.39, 0.29) is 31.6 Å². The number of imide groups is 2. The molecule has 7 amide bonds. The van der Waals surface area contributed by atoms with Crippen molar-refractivity contribution >= 4 is 70.0 Å². The third-order valence-corrected chi connectivity index (χ3v) is 9.04. The van der Waals surface area contributed by atoms with Crippen molar-refractivity contribution in [2.24, 2.45) is 0 Å². The third-order valence-electron chi connectivity index (χ3n) is 9.04. The Hall–Kier alpha value is -6.47. The summed E-state index contributed by atoms with van der Waals surface area (Å²) in [6.07, 6.45) is -1.81. The fraction of sp³-hybridized carbons (Fsp3) is 0.410. The van der Waals surface area contributed by atoms with Crippen LogP contribution in [0.25, 0.3) is 10.9 Å². The molecule has 5 rings (SSSR count). The van der Waals surface area contributed by atoms with Crippen molar-refractivity contribution in [1.29, 1.82) is 0 Å². The van der Waals surface area contributed by atoms with Crippen molar-refractivity contribution < 1.29 is 52.8 Å². The van der Waals surface area contributed by atoms with Gasteiger partial charge < -0.3 is 29.5 Å². The predicted octanol–water partition coefficient (Wildman–Crippen LogP) is 3.72. The molecule has 3 aromatic rings. The van der Waals surface area contributed by atoms with E-state index in [2.05, 4.69) is 44.6 Å². The van der Waals surface area contributed by atoms with Crippen LogP contribution in [0.3, 0.4) is 0 Å². The molecule has 0 spiro atoms. The summed E-state index contributed by atoms with van der Waals surface area (Å²) in [5.41, 5.74) is 1.98. The molecule has 19 nitrogen and oxygen atoms in total. The number of anilines is 2. The lowest BCUT2D eigenvalue weighted by Gasteiger charge is -2.17.